The molecule has 0 bridgehead atoms. The predicted octanol–water partition coefficient (Wildman–Crippen LogP) is 0.0407. The van der Waals surface area contributed by atoms with Crippen LogP contribution in [0.2, 0.25) is 0 Å². The monoisotopic (exact) mass is 348 g/mol. The van der Waals surface area contributed by atoms with E-state index in [1.165, 1.54) is 0 Å². The molecule has 2 aromatic rings. The van der Waals surface area contributed by atoms with Crippen LogP contribution in [0.5, 0.6) is 0 Å². The Labute approximate surface area is 150 Å². The van der Waals surface area contributed by atoms with Crippen LogP contribution in [0.4, 0.5) is 0 Å². The molecule has 4 rings (SSSR count). The zero-order chi connectivity index (χ0) is 18.3. The zero-order valence-electron chi connectivity index (χ0n) is 14.3. The summed E-state index contributed by atoms with van der Waals surface area (Å²) in [6.07, 6.45) is 0. The Kier molecular flexibility index (Phi) is 3.88. The molecule has 2 heterocycles. The second-order valence-electron chi connectivity index (χ2n) is 6.33. The molecule has 130 valence electrons. The van der Waals surface area contributed by atoms with E-state index in [0.717, 1.165) is 10.5 Å². The summed E-state index contributed by atoms with van der Waals surface area (Å²) in [7, 11) is 0. The highest BCUT2D eigenvalue weighted by Gasteiger charge is 2.45. The summed E-state index contributed by atoms with van der Waals surface area (Å²) in [5.41, 5.74) is 1.60. The van der Waals surface area contributed by atoms with Crippen molar-refractivity contribution in [3.63, 3.8) is 0 Å². The van der Waals surface area contributed by atoms with Crippen LogP contribution in [-0.4, -0.2) is 52.5 Å². The lowest BCUT2D eigenvalue weighted by atomic mass is 10.1. The first-order chi connectivity index (χ1) is 12.6. The van der Waals surface area contributed by atoms with Gasteiger partial charge in [-0.3, -0.25) is 19.5 Å². The van der Waals surface area contributed by atoms with Gasteiger partial charge in [-0.25, -0.2) is 4.79 Å². The molecule has 0 saturated heterocycles. The van der Waals surface area contributed by atoms with E-state index in [4.69, 9.17) is 0 Å². The summed E-state index contributed by atoms with van der Waals surface area (Å²) in [5.74, 6) is -0.401. The number of nitrogens with one attached hydrogen (secondary N) is 1. The molecular weight excluding hydrogens is 330 g/mol. The van der Waals surface area contributed by atoms with E-state index >= 15 is 0 Å². The first-order valence-corrected chi connectivity index (χ1v) is 8.54. The number of amides is 3. The quantitative estimate of drug-likeness (QED) is 0.796. The summed E-state index contributed by atoms with van der Waals surface area (Å²) < 4.78 is 0. The van der Waals surface area contributed by atoms with Gasteiger partial charge in [0.2, 0.25) is 0 Å². The molecule has 1 N–H and O–H groups in total. The van der Waals surface area contributed by atoms with E-state index in [2.05, 4.69) is 4.99 Å². The molecule has 0 aromatic heterocycles. The van der Waals surface area contributed by atoms with Crippen LogP contribution in [0.1, 0.15) is 33.2 Å². The van der Waals surface area contributed by atoms with Crippen LogP contribution in [0.3, 0.4) is 0 Å². The summed E-state index contributed by atoms with van der Waals surface area (Å²) in [6, 6.07) is 15.3. The third-order valence-corrected chi connectivity index (χ3v) is 4.78. The molecule has 0 unspecified atom stereocenters. The number of imide groups is 1. The van der Waals surface area contributed by atoms with Crippen molar-refractivity contribution in [1.82, 2.24) is 9.80 Å². The smallest absolute Gasteiger partial charge is 0.270 e. The first kappa shape index (κ1) is 16.2. The van der Waals surface area contributed by atoms with Crippen LogP contribution in [-0.2, 0) is 4.79 Å². The van der Waals surface area contributed by atoms with Crippen LogP contribution < -0.4 is 4.99 Å². The molecule has 0 radical (unpaired) electrons. The van der Waals surface area contributed by atoms with Gasteiger partial charge in [-0.1, -0.05) is 30.3 Å². The molecule has 2 aromatic carbocycles. The van der Waals surface area contributed by atoms with Gasteiger partial charge in [0.25, 0.3) is 17.6 Å². The van der Waals surface area contributed by atoms with Crippen molar-refractivity contribution in [2.45, 2.75) is 13.0 Å². The molecule has 26 heavy (non-hydrogen) atoms. The van der Waals surface area contributed by atoms with Gasteiger partial charge in [-0.2, -0.15) is 4.90 Å². The van der Waals surface area contributed by atoms with Gasteiger partial charge in [-0.05, 0) is 31.2 Å². The van der Waals surface area contributed by atoms with E-state index in [1.807, 2.05) is 30.3 Å². The molecule has 2 aliphatic heterocycles. The van der Waals surface area contributed by atoms with Gasteiger partial charge < -0.3 is 0 Å². The number of hydrogen-bond acceptors (Lipinski definition) is 3. The van der Waals surface area contributed by atoms with E-state index in [9.17, 15) is 14.4 Å². The van der Waals surface area contributed by atoms with Crippen molar-refractivity contribution < 1.29 is 19.4 Å². The minimum Gasteiger partial charge on any atom is -0.270 e. The standard InChI is InChI=1S/C20H17N3O3/c1-13(23-19(25)15-9-5-6-10-16(15)20(23)26)18(24)22-12-11-21-17(22)14-7-3-2-4-8-14/h2-10,13H,11-12H2,1H3/p+1/t13-/m0/s1. The van der Waals surface area contributed by atoms with E-state index < -0.39 is 17.9 Å². The minimum absolute atomic E-state index is 0.275. The molecule has 3 amide bonds. The van der Waals surface area contributed by atoms with E-state index in [1.54, 1.807) is 36.1 Å². The fourth-order valence-corrected chi connectivity index (χ4v) is 3.46. The topological polar surface area (TPSA) is 71.7 Å². The van der Waals surface area contributed by atoms with Crippen molar-refractivity contribution in [3.05, 3.63) is 71.3 Å². The molecule has 0 aliphatic carbocycles. The molecular formula is C20H18N3O3+. The number of rotatable bonds is 3. The lowest BCUT2D eigenvalue weighted by Gasteiger charge is -2.22. The summed E-state index contributed by atoms with van der Waals surface area (Å²) in [5, 5.41) is 0. The molecule has 0 saturated carbocycles. The fraction of sp³-hybridized carbons (Fsp3) is 0.200. The third-order valence-electron chi connectivity index (χ3n) is 4.78. The van der Waals surface area contributed by atoms with Crippen molar-refractivity contribution in [2.24, 2.45) is 0 Å². The number of carbonyl (C=O) groups excluding carboxylic acids is 3. The SMILES string of the molecule is C[C@@H](C(=O)N1CC[NH+]=C1c1ccccc1)N1C(=O)c2ccccc2C1=O. The lowest BCUT2D eigenvalue weighted by Crippen LogP contribution is -2.71. The van der Waals surface area contributed by atoms with Crippen molar-refractivity contribution >= 4 is 23.6 Å². The Morgan fingerprint density at radius 2 is 1.54 bits per heavy atom. The summed E-state index contributed by atoms with van der Waals surface area (Å²) in [4.78, 5) is 44.2. The van der Waals surface area contributed by atoms with Crippen LogP contribution in [0, 0.1) is 0 Å². The average Bonchev–Trinajstić information content (AvgIpc) is 3.26. The van der Waals surface area contributed by atoms with Crippen molar-refractivity contribution in [3.8, 4) is 0 Å². The van der Waals surface area contributed by atoms with Gasteiger partial charge in [-0.15, -0.1) is 0 Å². The Morgan fingerprint density at radius 3 is 2.15 bits per heavy atom. The Balaban J connectivity index is 1.61. The first-order valence-electron chi connectivity index (χ1n) is 8.54. The third kappa shape index (κ3) is 2.42. The normalized spacial score (nSPS) is 17.3. The highest BCUT2D eigenvalue weighted by Crippen LogP contribution is 2.25. The number of benzene rings is 2. The van der Waals surface area contributed by atoms with Gasteiger partial charge in [0, 0.05) is 0 Å². The molecule has 0 spiro atoms. The van der Waals surface area contributed by atoms with Crippen molar-refractivity contribution in [2.75, 3.05) is 13.1 Å². The lowest BCUT2D eigenvalue weighted by molar-refractivity contribution is -0.444. The highest BCUT2D eigenvalue weighted by atomic mass is 16.2. The number of amidine groups is 1. The van der Waals surface area contributed by atoms with Crippen LogP contribution >= 0.6 is 0 Å². The van der Waals surface area contributed by atoms with Crippen molar-refractivity contribution in [1.29, 1.82) is 0 Å². The Bertz CT molecular complexity index is 901. The number of hydrogen-bond donors (Lipinski definition) is 1. The van der Waals surface area contributed by atoms with Crippen LogP contribution in [0.15, 0.2) is 54.6 Å². The highest BCUT2D eigenvalue weighted by molar-refractivity contribution is 6.23. The molecule has 6 nitrogen and oxygen atoms in total. The predicted molar refractivity (Wildman–Crippen MR) is 94.5 cm³/mol. The maximum Gasteiger partial charge on any atom is 0.332 e. The summed E-state index contributed by atoms with van der Waals surface area (Å²) >= 11 is 0. The molecule has 2 aliphatic rings. The zero-order valence-corrected chi connectivity index (χ0v) is 14.3. The van der Waals surface area contributed by atoms with E-state index in [0.29, 0.717) is 30.1 Å². The second kappa shape index (κ2) is 6.22. The molecule has 1 atom stereocenters. The van der Waals surface area contributed by atoms with Gasteiger partial charge in [0.1, 0.15) is 19.1 Å². The number of nitrogens with zero attached hydrogens (tertiary/aromatic N) is 2. The summed E-state index contributed by atoms with van der Waals surface area (Å²) in [6.45, 7) is 2.73. The maximum atomic E-state index is 13.1. The average molecular weight is 348 g/mol. The van der Waals surface area contributed by atoms with Gasteiger partial charge in [0.15, 0.2) is 0 Å². The maximum absolute atomic E-state index is 13.1. The number of fused-ring (bicyclic) bond motifs is 1. The largest absolute Gasteiger partial charge is 0.332 e. The van der Waals surface area contributed by atoms with Gasteiger partial charge >= 0.3 is 5.91 Å². The van der Waals surface area contributed by atoms with Gasteiger partial charge in [0.05, 0.1) is 16.7 Å². The fourth-order valence-electron chi connectivity index (χ4n) is 3.46. The Hall–Kier alpha value is -3.28. The second-order valence-corrected chi connectivity index (χ2v) is 6.33. The number of carbonyl (C=O) groups is 3. The Morgan fingerprint density at radius 1 is 0.962 bits per heavy atom. The molecule has 6 heteroatoms. The molecule has 0 fully saturated rings. The van der Waals surface area contributed by atoms with E-state index in [-0.39, 0.29) is 5.91 Å². The van der Waals surface area contributed by atoms with Crippen LogP contribution in [0.25, 0.3) is 0 Å². The minimum atomic E-state index is -0.874.